The average molecular weight is 209 g/mol. The zero-order valence-corrected chi connectivity index (χ0v) is 9.81. The number of hydrogen-bond acceptors (Lipinski definition) is 0. The lowest BCUT2D eigenvalue weighted by atomic mass is 9.95. The van der Waals surface area contributed by atoms with Crippen molar-refractivity contribution in [2.24, 2.45) is 0 Å². The van der Waals surface area contributed by atoms with E-state index in [1.165, 1.54) is 11.1 Å². The summed E-state index contributed by atoms with van der Waals surface area (Å²) < 4.78 is 0. The van der Waals surface area contributed by atoms with Gasteiger partial charge in [-0.1, -0.05) is 56.6 Å². The maximum atomic E-state index is 6.33. The quantitative estimate of drug-likeness (QED) is 0.629. The van der Waals surface area contributed by atoms with Crippen LogP contribution in [0.5, 0.6) is 0 Å². The highest BCUT2D eigenvalue weighted by Crippen LogP contribution is 2.32. The summed E-state index contributed by atoms with van der Waals surface area (Å²) in [6.45, 7) is 10.2. The topological polar surface area (TPSA) is 0 Å². The van der Waals surface area contributed by atoms with Crippen LogP contribution in [0.15, 0.2) is 30.9 Å². The number of benzene rings is 1. The minimum absolute atomic E-state index is 0.321. The normalized spacial score (nSPS) is 12.9. The lowest BCUT2D eigenvalue weighted by Crippen LogP contribution is -1.96. The van der Waals surface area contributed by atoms with Crippen LogP contribution >= 0.6 is 11.6 Å². The molecule has 0 saturated carbocycles. The Bertz CT molecular complexity index is 326. The van der Waals surface area contributed by atoms with Gasteiger partial charge in [0, 0.05) is 10.9 Å². The summed E-state index contributed by atoms with van der Waals surface area (Å²) >= 11 is 6.33. The molecule has 0 spiro atoms. The molecular formula is C13H17Cl. The molecule has 0 saturated heterocycles. The Morgan fingerprint density at radius 3 is 2.29 bits per heavy atom. The average Bonchev–Trinajstić information content (AvgIpc) is 2.16. The van der Waals surface area contributed by atoms with E-state index in [1.807, 2.05) is 6.08 Å². The molecule has 14 heavy (non-hydrogen) atoms. The lowest BCUT2D eigenvalue weighted by molar-refractivity contribution is 0.856. The molecule has 0 heterocycles. The molecule has 1 rings (SSSR count). The fraction of sp³-hybridized carbons (Fsp3) is 0.385. The second kappa shape index (κ2) is 4.65. The largest absolute Gasteiger partial charge is 0.102 e. The molecule has 0 nitrogen and oxygen atoms in total. The Morgan fingerprint density at radius 1 is 1.21 bits per heavy atom. The zero-order chi connectivity index (χ0) is 10.7. The first kappa shape index (κ1) is 11.3. The molecule has 0 fully saturated rings. The van der Waals surface area contributed by atoms with Crippen LogP contribution in [-0.2, 0) is 0 Å². The molecule has 0 bridgehead atoms. The molecule has 1 unspecified atom stereocenters. The first-order valence-corrected chi connectivity index (χ1v) is 5.36. The van der Waals surface area contributed by atoms with Crippen LogP contribution in [0.2, 0.25) is 5.02 Å². The van der Waals surface area contributed by atoms with Crippen LogP contribution in [-0.4, -0.2) is 0 Å². The first-order valence-electron chi connectivity index (χ1n) is 4.98. The summed E-state index contributed by atoms with van der Waals surface area (Å²) in [5.74, 6) is 0.792. The molecule has 76 valence electrons. The standard InChI is InChI=1S/C13H17Cl/c1-5-10(4)12-8-6-7-11(9(2)3)13(12)14/h5-10H,1H2,2-4H3. The van der Waals surface area contributed by atoms with E-state index in [0.29, 0.717) is 11.8 Å². The summed E-state index contributed by atoms with van der Waals surface area (Å²) in [5, 5.41) is 0.898. The molecule has 1 aromatic carbocycles. The van der Waals surface area contributed by atoms with Crippen molar-refractivity contribution in [3.8, 4) is 0 Å². The number of hydrogen-bond donors (Lipinski definition) is 0. The van der Waals surface area contributed by atoms with Crippen LogP contribution in [0.3, 0.4) is 0 Å². The smallest absolute Gasteiger partial charge is 0.0478 e. The SMILES string of the molecule is C=CC(C)c1cccc(C(C)C)c1Cl. The molecular weight excluding hydrogens is 192 g/mol. The van der Waals surface area contributed by atoms with Crippen molar-refractivity contribution in [1.82, 2.24) is 0 Å². The van der Waals surface area contributed by atoms with E-state index in [2.05, 4.69) is 45.5 Å². The Kier molecular flexibility index (Phi) is 3.77. The number of allylic oxidation sites excluding steroid dienone is 1. The monoisotopic (exact) mass is 208 g/mol. The number of halogens is 1. The Balaban J connectivity index is 3.20. The van der Waals surface area contributed by atoms with Gasteiger partial charge in [0.2, 0.25) is 0 Å². The maximum absolute atomic E-state index is 6.33. The van der Waals surface area contributed by atoms with Crippen molar-refractivity contribution in [1.29, 1.82) is 0 Å². The molecule has 0 aromatic heterocycles. The van der Waals surface area contributed by atoms with Crippen LogP contribution < -0.4 is 0 Å². The summed E-state index contributed by atoms with van der Waals surface area (Å²) in [4.78, 5) is 0. The van der Waals surface area contributed by atoms with Crippen LogP contribution in [0.4, 0.5) is 0 Å². The van der Waals surface area contributed by atoms with Crippen LogP contribution in [0.1, 0.15) is 43.7 Å². The van der Waals surface area contributed by atoms with Gasteiger partial charge in [0.15, 0.2) is 0 Å². The Hall–Kier alpha value is -0.750. The van der Waals surface area contributed by atoms with Crippen molar-refractivity contribution in [2.45, 2.75) is 32.6 Å². The highest BCUT2D eigenvalue weighted by molar-refractivity contribution is 6.32. The van der Waals surface area contributed by atoms with Gasteiger partial charge >= 0.3 is 0 Å². The predicted octanol–water partition coefficient (Wildman–Crippen LogP) is 4.75. The molecule has 0 amide bonds. The van der Waals surface area contributed by atoms with Crippen molar-refractivity contribution in [3.63, 3.8) is 0 Å². The third kappa shape index (κ3) is 2.19. The van der Waals surface area contributed by atoms with Gasteiger partial charge in [-0.3, -0.25) is 0 Å². The zero-order valence-electron chi connectivity index (χ0n) is 9.05. The summed E-state index contributed by atoms with van der Waals surface area (Å²) in [7, 11) is 0. The molecule has 0 radical (unpaired) electrons. The molecule has 0 aliphatic heterocycles. The third-order valence-corrected chi connectivity index (χ3v) is 2.96. The minimum atomic E-state index is 0.321. The van der Waals surface area contributed by atoms with E-state index >= 15 is 0 Å². The molecule has 1 atom stereocenters. The first-order chi connectivity index (χ1) is 6.57. The van der Waals surface area contributed by atoms with Gasteiger partial charge in [0.25, 0.3) is 0 Å². The molecule has 0 N–H and O–H groups in total. The second-order valence-electron chi connectivity index (χ2n) is 3.93. The molecule has 1 aromatic rings. The van der Waals surface area contributed by atoms with E-state index < -0.39 is 0 Å². The van der Waals surface area contributed by atoms with Crippen molar-refractivity contribution in [3.05, 3.63) is 47.0 Å². The molecule has 0 aliphatic rings. The highest BCUT2D eigenvalue weighted by Gasteiger charge is 2.11. The maximum Gasteiger partial charge on any atom is 0.0478 e. The number of rotatable bonds is 3. The van der Waals surface area contributed by atoms with Crippen LogP contribution in [0, 0.1) is 0 Å². The van der Waals surface area contributed by atoms with Gasteiger partial charge in [-0.2, -0.15) is 0 Å². The van der Waals surface area contributed by atoms with Crippen molar-refractivity contribution in [2.75, 3.05) is 0 Å². The molecule has 1 heteroatoms. The van der Waals surface area contributed by atoms with Crippen LogP contribution in [0.25, 0.3) is 0 Å². The van der Waals surface area contributed by atoms with Gasteiger partial charge in [-0.05, 0) is 17.0 Å². The van der Waals surface area contributed by atoms with E-state index in [0.717, 1.165) is 5.02 Å². The Labute approximate surface area is 91.6 Å². The predicted molar refractivity (Wildman–Crippen MR) is 64.2 cm³/mol. The van der Waals surface area contributed by atoms with Gasteiger partial charge in [-0.15, -0.1) is 6.58 Å². The summed E-state index contributed by atoms with van der Waals surface area (Å²) in [5.41, 5.74) is 2.39. The second-order valence-corrected chi connectivity index (χ2v) is 4.31. The van der Waals surface area contributed by atoms with E-state index in [-0.39, 0.29) is 0 Å². The van der Waals surface area contributed by atoms with Gasteiger partial charge in [-0.25, -0.2) is 0 Å². The van der Waals surface area contributed by atoms with Crippen molar-refractivity contribution >= 4 is 11.6 Å². The van der Waals surface area contributed by atoms with E-state index in [1.54, 1.807) is 0 Å². The third-order valence-electron chi connectivity index (χ3n) is 2.52. The minimum Gasteiger partial charge on any atom is -0.102 e. The van der Waals surface area contributed by atoms with Gasteiger partial charge in [0.1, 0.15) is 0 Å². The van der Waals surface area contributed by atoms with E-state index in [9.17, 15) is 0 Å². The molecule has 0 aliphatic carbocycles. The fourth-order valence-corrected chi connectivity index (χ4v) is 2.01. The van der Waals surface area contributed by atoms with Gasteiger partial charge < -0.3 is 0 Å². The lowest BCUT2D eigenvalue weighted by Gasteiger charge is -2.14. The van der Waals surface area contributed by atoms with Crippen molar-refractivity contribution < 1.29 is 0 Å². The fourth-order valence-electron chi connectivity index (χ4n) is 1.49. The van der Waals surface area contributed by atoms with E-state index in [4.69, 9.17) is 11.6 Å². The summed E-state index contributed by atoms with van der Waals surface area (Å²) in [6.07, 6.45) is 1.92. The Morgan fingerprint density at radius 2 is 1.79 bits per heavy atom. The summed E-state index contributed by atoms with van der Waals surface area (Å²) in [6, 6.07) is 6.23. The highest BCUT2D eigenvalue weighted by atomic mass is 35.5. The van der Waals surface area contributed by atoms with Gasteiger partial charge in [0.05, 0.1) is 0 Å².